The van der Waals surface area contributed by atoms with E-state index in [0.717, 1.165) is 19.4 Å². The molecule has 0 radical (unpaired) electrons. The number of rotatable bonds is 6. The lowest BCUT2D eigenvalue weighted by Crippen LogP contribution is -2.50. The van der Waals surface area contributed by atoms with Gasteiger partial charge in [-0.3, -0.25) is 9.59 Å². The topological polar surface area (TPSA) is 109 Å². The Hall–Kier alpha value is -2.21. The summed E-state index contributed by atoms with van der Waals surface area (Å²) < 4.78 is 38.6. The van der Waals surface area contributed by atoms with Crippen molar-refractivity contribution in [1.82, 2.24) is 14.2 Å². The lowest BCUT2D eigenvalue weighted by molar-refractivity contribution is 0.0632. The average molecular weight is 468 g/mol. The molecule has 0 spiro atoms. The molecule has 0 unspecified atom stereocenters. The van der Waals surface area contributed by atoms with Crippen LogP contribution < -0.4 is 9.61 Å². The minimum Gasteiger partial charge on any atom is -0.490 e. The second-order valence-corrected chi connectivity index (χ2v) is 10.7. The molecular formula is C20H25N3O6S2. The maximum absolute atomic E-state index is 13.1. The van der Waals surface area contributed by atoms with Crippen molar-refractivity contribution in [1.29, 1.82) is 0 Å². The lowest BCUT2D eigenvalue weighted by atomic mass is 10.1. The van der Waals surface area contributed by atoms with Gasteiger partial charge < -0.3 is 19.4 Å². The third-order valence-electron chi connectivity index (χ3n) is 5.45. The van der Waals surface area contributed by atoms with Crippen LogP contribution in [-0.4, -0.2) is 74.0 Å². The van der Waals surface area contributed by atoms with Gasteiger partial charge in [-0.05, 0) is 31.9 Å². The molecule has 1 amide bonds. The molecule has 0 saturated carbocycles. The molecule has 1 N–H and O–H groups in total. The Labute approximate surface area is 184 Å². The van der Waals surface area contributed by atoms with E-state index in [0.29, 0.717) is 35.0 Å². The number of aromatic nitrogens is 1. The number of piperazine rings is 1. The van der Waals surface area contributed by atoms with E-state index in [2.05, 4.69) is 4.98 Å². The normalized spacial score (nSPS) is 20.2. The van der Waals surface area contributed by atoms with Gasteiger partial charge in [0.25, 0.3) is 15.9 Å². The molecule has 0 bridgehead atoms. The number of para-hydroxylation sites is 1. The number of carbonyl (C=O) groups excluding carboxylic acids is 1. The molecule has 11 heteroatoms. The standard InChI is InChI=1S/C20H25N3O6S2/c1-14-19(30-20(25)21-14)31(26,27)23-10-8-22(9-11-23)18(24)16-6-2-3-7-17(16)29-13-15-5-4-12-28-15/h2-3,6-7,15H,4-5,8-13H2,1H3,(H,21,25)/t15-/m1/s1. The SMILES string of the molecule is Cc1[nH]c(=O)sc1S(=O)(=O)N1CCN(C(=O)c2ccccc2OC[C@H]2CCCO2)CC1. The summed E-state index contributed by atoms with van der Waals surface area (Å²) in [4.78, 5) is 28.4. The molecule has 2 fully saturated rings. The number of aryl methyl sites for hydroxylation is 1. The zero-order valence-electron chi connectivity index (χ0n) is 17.2. The zero-order valence-corrected chi connectivity index (χ0v) is 18.8. The number of amides is 1. The zero-order chi connectivity index (χ0) is 22.0. The van der Waals surface area contributed by atoms with Gasteiger partial charge in [0, 0.05) is 38.5 Å². The van der Waals surface area contributed by atoms with Crippen LogP contribution in [0.3, 0.4) is 0 Å². The van der Waals surface area contributed by atoms with Crippen molar-refractivity contribution in [2.24, 2.45) is 0 Å². The fraction of sp³-hybridized carbons (Fsp3) is 0.500. The summed E-state index contributed by atoms with van der Waals surface area (Å²) in [6.45, 7) is 3.55. The van der Waals surface area contributed by atoms with Crippen molar-refractivity contribution >= 4 is 27.3 Å². The minimum atomic E-state index is -3.77. The minimum absolute atomic E-state index is 0.0325. The number of benzene rings is 1. The number of nitrogens with zero attached hydrogens (tertiary/aromatic N) is 2. The molecule has 168 valence electrons. The second-order valence-electron chi connectivity index (χ2n) is 7.57. The van der Waals surface area contributed by atoms with Crippen LogP contribution in [0.2, 0.25) is 0 Å². The number of sulfonamides is 1. The van der Waals surface area contributed by atoms with Crippen LogP contribution in [0.25, 0.3) is 0 Å². The highest BCUT2D eigenvalue weighted by Crippen LogP contribution is 2.25. The van der Waals surface area contributed by atoms with E-state index >= 15 is 0 Å². The van der Waals surface area contributed by atoms with Crippen molar-refractivity contribution in [3.05, 3.63) is 45.2 Å². The quantitative estimate of drug-likeness (QED) is 0.689. The Balaban J connectivity index is 1.41. The molecule has 3 heterocycles. The highest BCUT2D eigenvalue weighted by Gasteiger charge is 2.33. The fourth-order valence-electron chi connectivity index (χ4n) is 3.78. The molecule has 2 aliphatic heterocycles. The van der Waals surface area contributed by atoms with Crippen LogP contribution in [0.5, 0.6) is 5.75 Å². The Bertz CT molecular complexity index is 1100. The summed E-state index contributed by atoms with van der Waals surface area (Å²) in [5, 5.41) is 0. The lowest BCUT2D eigenvalue weighted by Gasteiger charge is -2.34. The van der Waals surface area contributed by atoms with E-state index in [1.54, 1.807) is 30.0 Å². The van der Waals surface area contributed by atoms with Crippen LogP contribution >= 0.6 is 11.3 Å². The first-order valence-electron chi connectivity index (χ1n) is 10.2. The van der Waals surface area contributed by atoms with Gasteiger partial charge in [0.2, 0.25) is 0 Å². The summed E-state index contributed by atoms with van der Waals surface area (Å²) in [5.74, 6) is 0.313. The Morgan fingerprint density at radius 1 is 1.26 bits per heavy atom. The molecule has 2 aliphatic rings. The Morgan fingerprint density at radius 2 is 2.00 bits per heavy atom. The van der Waals surface area contributed by atoms with Crippen molar-refractivity contribution in [2.75, 3.05) is 39.4 Å². The molecule has 31 heavy (non-hydrogen) atoms. The molecule has 1 aromatic heterocycles. The number of ether oxygens (including phenoxy) is 2. The predicted octanol–water partition coefficient (Wildman–Crippen LogP) is 1.45. The van der Waals surface area contributed by atoms with Gasteiger partial charge in [0.15, 0.2) is 4.21 Å². The van der Waals surface area contributed by atoms with Crippen LogP contribution in [0, 0.1) is 6.92 Å². The van der Waals surface area contributed by atoms with Crippen molar-refractivity contribution in [3.8, 4) is 5.75 Å². The molecule has 2 saturated heterocycles. The summed E-state index contributed by atoms with van der Waals surface area (Å²) in [5.41, 5.74) is 0.794. The molecule has 2 aromatic rings. The summed E-state index contributed by atoms with van der Waals surface area (Å²) >= 11 is 0.689. The number of carbonyl (C=O) groups is 1. The summed E-state index contributed by atoms with van der Waals surface area (Å²) in [6, 6.07) is 7.08. The van der Waals surface area contributed by atoms with Crippen molar-refractivity contribution < 1.29 is 22.7 Å². The van der Waals surface area contributed by atoms with Gasteiger partial charge in [-0.2, -0.15) is 4.31 Å². The molecule has 1 aromatic carbocycles. The molecule has 0 aliphatic carbocycles. The second kappa shape index (κ2) is 9.11. The first-order valence-corrected chi connectivity index (χ1v) is 12.4. The van der Waals surface area contributed by atoms with Crippen molar-refractivity contribution in [3.63, 3.8) is 0 Å². The molecular weight excluding hydrogens is 442 g/mol. The third kappa shape index (κ3) is 4.69. The smallest absolute Gasteiger partial charge is 0.305 e. The first kappa shape index (κ1) is 22.0. The van der Waals surface area contributed by atoms with Crippen LogP contribution in [-0.2, 0) is 14.8 Å². The predicted molar refractivity (Wildman–Crippen MR) is 115 cm³/mol. The van der Waals surface area contributed by atoms with Crippen molar-refractivity contribution in [2.45, 2.75) is 30.1 Å². The maximum Gasteiger partial charge on any atom is 0.305 e. The number of nitrogens with one attached hydrogen (secondary N) is 1. The van der Waals surface area contributed by atoms with Gasteiger partial charge in [-0.1, -0.05) is 23.5 Å². The summed E-state index contributed by atoms with van der Waals surface area (Å²) in [7, 11) is -3.77. The highest BCUT2D eigenvalue weighted by atomic mass is 32.2. The number of H-pyrrole nitrogens is 1. The van der Waals surface area contributed by atoms with Gasteiger partial charge in [-0.15, -0.1) is 0 Å². The van der Waals surface area contributed by atoms with Crippen LogP contribution in [0.15, 0.2) is 33.3 Å². The van der Waals surface area contributed by atoms with Gasteiger partial charge in [-0.25, -0.2) is 8.42 Å². The monoisotopic (exact) mass is 467 g/mol. The largest absolute Gasteiger partial charge is 0.490 e. The highest BCUT2D eigenvalue weighted by molar-refractivity contribution is 7.91. The Morgan fingerprint density at radius 3 is 2.65 bits per heavy atom. The van der Waals surface area contributed by atoms with Gasteiger partial charge in [0.05, 0.1) is 11.7 Å². The average Bonchev–Trinajstić information content (AvgIpc) is 3.41. The number of hydrogen-bond donors (Lipinski definition) is 1. The summed E-state index contributed by atoms with van der Waals surface area (Å²) in [6.07, 6.45) is 2.01. The van der Waals surface area contributed by atoms with E-state index in [9.17, 15) is 18.0 Å². The number of hydrogen-bond acceptors (Lipinski definition) is 7. The first-order chi connectivity index (χ1) is 14.9. The third-order valence-corrected chi connectivity index (χ3v) is 8.93. The van der Waals surface area contributed by atoms with E-state index < -0.39 is 14.9 Å². The van der Waals surface area contributed by atoms with E-state index in [1.807, 2.05) is 6.07 Å². The van der Waals surface area contributed by atoms with Crippen LogP contribution in [0.4, 0.5) is 0 Å². The molecule has 1 atom stereocenters. The van der Waals surface area contributed by atoms with E-state index in [1.165, 1.54) is 4.31 Å². The van der Waals surface area contributed by atoms with Crippen LogP contribution in [0.1, 0.15) is 28.9 Å². The number of thiazole rings is 1. The van der Waals surface area contributed by atoms with Gasteiger partial charge in [0.1, 0.15) is 12.4 Å². The fourth-order valence-corrected chi connectivity index (χ4v) is 6.64. The molecule has 9 nitrogen and oxygen atoms in total. The maximum atomic E-state index is 13.1. The van der Waals surface area contributed by atoms with Gasteiger partial charge >= 0.3 is 4.87 Å². The van der Waals surface area contributed by atoms with E-state index in [4.69, 9.17) is 9.47 Å². The Kier molecular flexibility index (Phi) is 6.47. The number of aromatic amines is 1. The van der Waals surface area contributed by atoms with E-state index in [-0.39, 0.29) is 42.4 Å². The molecule has 4 rings (SSSR count).